The largest absolute Gasteiger partial charge is 0.484 e. The van der Waals surface area contributed by atoms with Crippen LogP contribution in [0.2, 0.25) is 5.02 Å². The smallest absolute Gasteiger partial charge is 0.261 e. The molecule has 2 amide bonds. The fourth-order valence-electron chi connectivity index (χ4n) is 3.14. The SMILES string of the molecule is CC[C@H](C)NC(=O)[C@@H](C)N(Cc1ccccc1Cl)C(=O)COc1ccc(C(C)(C)C)cc1. The van der Waals surface area contributed by atoms with Gasteiger partial charge in [-0.25, -0.2) is 0 Å². The van der Waals surface area contributed by atoms with E-state index in [-0.39, 0.29) is 36.4 Å². The Balaban J connectivity index is 2.15. The molecule has 0 fully saturated rings. The van der Waals surface area contributed by atoms with Crippen LogP contribution in [0.15, 0.2) is 48.5 Å². The average Bonchev–Trinajstić information content (AvgIpc) is 2.76. The van der Waals surface area contributed by atoms with Gasteiger partial charge in [-0.2, -0.15) is 0 Å². The maximum Gasteiger partial charge on any atom is 0.261 e. The first-order valence-electron chi connectivity index (χ1n) is 11.1. The zero-order valence-electron chi connectivity index (χ0n) is 19.9. The Bertz CT molecular complexity index is 906. The number of benzene rings is 2. The van der Waals surface area contributed by atoms with Crippen molar-refractivity contribution in [2.24, 2.45) is 0 Å². The van der Waals surface area contributed by atoms with Crippen molar-refractivity contribution >= 4 is 23.4 Å². The molecule has 0 aliphatic carbocycles. The molecular weight excluding hydrogens is 424 g/mol. The maximum atomic E-state index is 13.1. The second kappa shape index (κ2) is 11.4. The Hall–Kier alpha value is -2.53. The average molecular weight is 459 g/mol. The van der Waals surface area contributed by atoms with E-state index in [1.807, 2.05) is 56.3 Å². The highest BCUT2D eigenvalue weighted by atomic mass is 35.5. The van der Waals surface area contributed by atoms with Crippen LogP contribution in [0.25, 0.3) is 0 Å². The fraction of sp³-hybridized carbons (Fsp3) is 0.462. The van der Waals surface area contributed by atoms with Gasteiger partial charge in [-0.3, -0.25) is 9.59 Å². The highest BCUT2D eigenvalue weighted by molar-refractivity contribution is 6.31. The van der Waals surface area contributed by atoms with Crippen molar-refractivity contribution in [1.82, 2.24) is 10.2 Å². The molecule has 2 atom stereocenters. The molecule has 0 saturated carbocycles. The van der Waals surface area contributed by atoms with Gasteiger partial charge in [0.05, 0.1) is 0 Å². The van der Waals surface area contributed by atoms with Crippen molar-refractivity contribution in [3.63, 3.8) is 0 Å². The molecule has 174 valence electrons. The zero-order valence-corrected chi connectivity index (χ0v) is 20.7. The van der Waals surface area contributed by atoms with Crippen molar-refractivity contribution in [3.8, 4) is 5.75 Å². The van der Waals surface area contributed by atoms with Gasteiger partial charge in [-0.15, -0.1) is 0 Å². The lowest BCUT2D eigenvalue weighted by Gasteiger charge is -2.30. The summed E-state index contributed by atoms with van der Waals surface area (Å²) < 4.78 is 5.76. The van der Waals surface area contributed by atoms with Crippen molar-refractivity contribution < 1.29 is 14.3 Å². The normalized spacial score (nSPS) is 13.2. The maximum absolute atomic E-state index is 13.1. The van der Waals surface area contributed by atoms with Crippen molar-refractivity contribution in [1.29, 1.82) is 0 Å². The van der Waals surface area contributed by atoms with Gasteiger partial charge in [0.15, 0.2) is 6.61 Å². The number of amides is 2. The number of nitrogens with zero attached hydrogens (tertiary/aromatic N) is 1. The molecule has 6 heteroatoms. The van der Waals surface area contributed by atoms with E-state index in [1.54, 1.807) is 13.0 Å². The lowest BCUT2D eigenvalue weighted by atomic mass is 9.87. The molecule has 0 radical (unpaired) electrons. The van der Waals surface area contributed by atoms with Crippen molar-refractivity contribution in [3.05, 3.63) is 64.7 Å². The summed E-state index contributed by atoms with van der Waals surface area (Å²) in [7, 11) is 0. The third-order valence-corrected chi connectivity index (χ3v) is 5.92. The van der Waals surface area contributed by atoms with Gasteiger partial charge in [0.1, 0.15) is 11.8 Å². The molecule has 0 bridgehead atoms. The first-order valence-corrected chi connectivity index (χ1v) is 11.5. The molecule has 0 saturated heterocycles. The Kier molecular flexibility index (Phi) is 9.14. The van der Waals surface area contributed by atoms with E-state index in [9.17, 15) is 9.59 Å². The predicted octanol–water partition coefficient (Wildman–Crippen LogP) is 5.35. The minimum Gasteiger partial charge on any atom is -0.484 e. The minimum atomic E-state index is -0.667. The summed E-state index contributed by atoms with van der Waals surface area (Å²) in [6.45, 7) is 12.2. The number of carbonyl (C=O) groups excluding carboxylic acids is 2. The molecule has 2 aromatic rings. The highest BCUT2D eigenvalue weighted by Gasteiger charge is 2.27. The minimum absolute atomic E-state index is 0.0276. The summed E-state index contributed by atoms with van der Waals surface area (Å²) in [5, 5.41) is 3.51. The number of rotatable bonds is 9. The topological polar surface area (TPSA) is 58.6 Å². The van der Waals surface area contributed by atoms with E-state index < -0.39 is 6.04 Å². The summed E-state index contributed by atoms with van der Waals surface area (Å²) >= 11 is 6.32. The van der Waals surface area contributed by atoms with Crippen molar-refractivity contribution in [2.45, 2.75) is 72.0 Å². The molecule has 2 rings (SSSR count). The van der Waals surface area contributed by atoms with Crippen LogP contribution in [0, 0.1) is 0 Å². The van der Waals surface area contributed by atoms with E-state index in [0.29, 0.717) is 10.8 Å². The molecule has 0 aliphatic heterocycles. The number of hydrogen-bond donors (Lipinski definition) is 1. The summed E-state index contributed by atoms with van der Waals surface area (Å²) in [4.78, 5) is 27.4. The summed E-state index contributed by atoms with van der Waals surface area (Å²) in [5.41, 5.74) is 2.01. The third kappa shape index (κ3) is 7.27. The van der Waals surface area contributed by atoms with Crippen LogP contribution >= 0.6 is 11.6 Å². The van der Waals surface area contributed by atoms with Crippen LogP contribution in [0.4, 0.5) is 0 Å². The summed E-state index contributed by atoms with van der Waals surface area (Å²) in [5.74, 6) is 0.131. The van der Waals surface area contributed by atoms with Crippen LogP contribution in [0.1, 0.15) is 59.1 Å². The summed E-state index contributed by atoms with van der Waals surface area (Å²) in [6, 6.07) is 14.4. The van der Waals surface area contributed by atoms with Gasteiger partial charge in [0.2, 0.25) is 5.91 Å². The van der Waals surface area contributed by atoms with Gasteiger partial charge in [-0.1, -0.05) is 69.6 Å². The molecule has 2 aromatic carbocycles. The van der Waals surface area contributed by atoms with Crippen LogP contribution in [-0.2, 0) is 21.5 Å². The van der Waals surface area contributed by atoms with Gasteiger partial charge < -0.3 is 15.0 Å². The van der Waals surface area contributed by atoms with E-state index >= 15 is 0 Å². The number of hydrogen-bond acceptors (Lipinski definition) is 3. The van der Waals surface area contributed by atoms with Gasteiger partial charge in [0.25, 0.3) is 5.91 Å². The van der Waals surface area contributed by atoms with Gasteiger partial charge in [0, 0.05) is 17.6 Å². The predicted molar refractivity (Wildman–Crippen MR) is 130 cm³/mol. The molecule has 1 N–H and O–H groups in total. The van der Waals surface area contributed by atoms with Crippen LogP contribution in [0.5, 0.6) is 5.75 Å². The van der Waals surface area contributed by atoms with Crippen LogP contribution in [0.3, 0.4) is 0 Å². The number of ether oxygens (including phenoxy) is 1. The monoisotopic (exact) mass is 458 g/mol. The molecule has 5 nitrogen and oxygen atoms in total. The lowest BCUT2D eigenvalue weighted by Crippen LogP contribution is -2.50. The van der Waals surface area contributed by atoms with Crippen LogP contribution in [-0.4, -0.2) is 35.4 Å². The first kappa shape index (κ1) is 25.7. The Labute approximate surface area is 197 Å². The summed E-state index contributed by atoms with van der Waals surface area (Å²) in [6.07, 6.45) is 0.810. The Morgan fingerprint density at radius 1 is 1.06 bits per heavy atom. The first-order chi connectivity index (χ1) is 15.0. The number of nitrogens with one attached hydrogen (secondary N) is 1. The van der Waals surface area contributed by atoms with Crippen LogP contribution < -0.4 is 10.1 Å². The second-order valence-electron chi connectivity index (χ2n) is 9.17. The Morgan fingerprint density at radius 3 is 2.25 bits per heavy atom. The lowest BCUT2D eigenvalue weighted by molar-refractivity contribution is -0.142. The van der Waals surface area contributed by atoms with E-state index in [0.717, 1.165) is 12.0 Å². The van der Waals surface area contributed by atoms with E-state index in [2.05, 4.69) is 26.1 Å². The number of halogens is 1. The fourth-order valence-corrected chi connectivity index (χ4v) is 3.33. The van der Waals surface area contributed by atoms with Gasteiger partial charge in [-0.05, 0) is 55.0 Å². The standard InChI is InChI=1S/C26H35ClN2O3/c1-7-18(2)28-25(31)19(3)29(16-20-10-8-9-11-23(20)27)24(30)17-32-22-14-12-21(13-15-22)26(4,5)6/h8-15,18-19H,7,16-17H2,1-6H3,(H,28,31)/t18-,19+/m0/s1. The molecule has 0 aliphatic rings. The zero-order chi connectivity index (χ0) is 23.9. The number of carbonyl (C=O) groups is 2. The quantitative estimate of drug-likeness (QED) is 0.551. The third-order valence-electron chi connectivity index (χ3n) is 5.55. The highest BCUT2D eigenvalue weighted by Crippen LogP contribution is 2.24. The molecule has 0 aromatic heterocycles. The molecule has 0 spiro atoms. The van der Waals surface area contributed by atoms with Crippen molar-refractivity contribution in [2.75, 3.05) is 6.61 Å². The molecular formula is C26H35ClN2O3. The van der Waals surface area contributed by atoms with E-state index in [1.165, 1.54) is 10.5 Å². The second-order valence-corrected chi connectivity index (χ2v) is 9.58. The Morgan fingerprint density at radius 2 is 1.69 bits per heavy atom. The molecule has 32 heavy (non-hydrogen) atoms. The molecule has 0 unspecified atom stereocenters. The van der Waals surface area contributed by atoms with E-state index in [4.69, 9.17) is 16.3 Å². The van der Waals surface area contributed by atoms with Gasteiger partial charge >= 0.3 is 0 Å². The molecule has 0 heterocycles.